The molecular weight excluding hydrogens is 218 g/mol. The normalized spacial score (nSPS) is 10.0. The van der Waals surface area contributed by atoms with Gasteiger partial charge in [0.05, 0.1) is 12.8 Å². The fraction of sp³-hybridized carbons (Fsp3) is 0.167. The van der Waals surface area contributed by atoms with Crippen molar-refractivity contribution in [2.75, 3.05) is 12.8 Å². The maximum atomic E-state index is 5.82. The smallest absolute Gasteiger partial charge is 0.322 e. The number of ether oxygens (including phenoxy) is 2. The van der Waals surface area contributed by atoms with Gasteiger partial charge in [0.2, 0.25) is 0 Å². The Bertz CT molecular complexity index is 529. The minimum Gasteiger partial charge on any atom is -0.497 e. The molecule has 0 bridgehead atoms. The first-order valence-electron chi connectivity index (χ1n) is 5.10. The van der Waals surface area contributed by atoms with E-state index in [9.17, 15) is 0 Å². The second-order valence-corrected chi connectivity index (χ2v) is 3.49. The zero-order valence-corrected chi connectivity index (χ0v) is 9.68. The van der Waals surface area contributed by atoms with Crippen molar-refractivity contribution < 1.29 is 9.47 Å². The van der Waals surface area contributed by atoms with Gasteiger partial charge in [0, 0.05) is 18.0 Å². The van der Waals surface area contributed by atoms with Crippen molar-refractivity contribution in [3.63, 3.8) is 0 Å². The van der Waals surface area contributed by atoms with Gasteiger partial charge in [-0.1, -0.05) is 0 Å². The molecule has 0 aliphatic heterocycles. The molecule has 0 spiro atoms. The summed E-state index contributed by atoms with van der Waals surface area (Å²) in [6.07, 6.45) is 1.64. The molecule has 0 amide bonds. The number of aromatic nitrogens is 2. The maximum Gasteiger partial charge on any atom is 0.322 e. The predicted octanol–water partition coefficient (Wildman–Crippen LogP) is 2.17. The van der Waals surface area contributed by atoms with Crippen LogP contribution in [0.5, 0.6) is 17.5 Å². The summed E-state index contributed by atoms with van der Waals surface area (Å²) in [4.78, 5) is 8.13. The van der Waals surface area contributed by atoms with Crippen LogP contribution in [-0.2, 0) is 0 Å². The number of nitrogen functional groups attached to an aromatic ring is 1. The minimum absolute atomic E-state index is 0.280. The molecular formula is C12H13N3O2. The first-order valence-corrected chi connectivity index (χ1v) is 5.10. The van der Waals surface area contributed by atoms with Gasteiger partial charge < -0.3 is 15.2 Å². The Morgan fingerprint density at radius 2 is 2.06 bits per heavy atom. The number of nitrogens with two attached hydrogens (primary N) is 1. The molecule has 0 aliphatic rings. The lowest BCUT2D eigenvalue weighted by Gasteiger charge is -2.08. The van der Waals surface area contributed by atoms with E-state index in [1.165, 1.54) is 0 Å². The lowest BCUT2D eigenvalue weighted by Crippen LogP contribution is -1.97. The summed E-state index contributed by atoms with van der Waals surface area (Å²) in [7, 11) is 1.58. The number of aryl methyl sites for hydroxylation is 1. The third-order valence-electron chi connectivity index (χ3n) is 2.19. The number of hydrogen-bond acceptors (Lipinski definition) is 5. The van der Waals surface area contributed by atoms with Gasteiger partial charge in [-0.25, -0.2) is 9.97 Å². The number of anilines is 1. The number of nitrogens with zero attached hydrogens (tertiary/aromatic N) is 2. The van der Waals surface area contributed by atoms with Crippen LogP contribution in [0.25, 0.3) is 0 Å². The van der Waals surface area contributed by atoms with Gasteiger partial charge in [0.15, 0.2) is 5.75 Å². The van der Waals surface area contributed by atoms with E-state index < -0.39 is 0 Å². The van der Waals surface area contributed by atoms with Crippen LogP contribution >= 0.6 is 0 Å². The first kappa shape index (κ1) is 11.2. The fourth-order valence-corrected chi connectivity index (χ4v) is 1.32. The van der Waals surface area contributed by atoms with Crippen LogP contribution in [0.15, 0.2) is 30.5 Å². The van der Waals surface area contributed by atoms with Crippen molar-refractivity contribution in [2.45, 2.75) is 6.92 Å². The highest BCUT2D eigenvalue weighted by Crippen LogP contribution is 2.28. The summed E-state index contributed by atoms with van der Waals surface area (Å²) in [5, 5.41) is 0. The summed E-state index contributed by atoms with van der Waals surface area (Å²) in [6, 6.07) is 7.25. The topological polar surface area (TPSA) is 70.3 Å². The Labute approximate surface area is 99.2 Å². The van der Waals surface area contributed by atoms with Crippen molar-refractivity contribution in [2.24, 2.45) is 0 Å². The molecule has 2 rings (SSSR count). The highest BCUT2D eigenvalue weighted by atomic mass is 16.5. The molecule has 0 aliphatic carbocycles. The van der Waals surface area contributed by atoms with Gasteiger partial charge >= 0.3 is 6.01 Å². The van der Waals surface area contributed by atoms with Crippen LogP contribution in [0.4, 0.5) is 5.69 Å². The Balaban J connectivity index is 2.24. The van der Waals surface area contributed by atoms with Crippen molar-refractivity contribution in [1.82, 2.24) is 9.97 Å². The lowest BCUT2D eigenvalue weighted by atomic mass is 10.3. The average Bonchev–Trinajstić information content (AvgIpc) is 2.32. The molecule has 5 heteroatoms. The minimum atomic E-state index is 0.280. The second kappa shape index (κ2) is 4.69. The average molecular weight is 231 g/mol. The predicted molar refractivity (Wildman–Crippen MR) is 64.2 cm³/mol. The highest BCUT2D eigenvalue weighted by molar-refractivity contribution is 5.56. The molecule has 0 saturated heterocycles. The monoisotopic (exact) mass is 231 g/mol. The van der Waals surface area contributed by atoms with Gasteiger partial charge in [0.25, 0.3) is 0 Å². The largest absolute Gasteiger partial charge is 0.497 e. The van der Waals surface area contributed by atoms with Crippen LogP contribution in [0.1, 0.15) is 5.69 Å². The van der Waals surface area contributed by atoms with Gasteiger partial charge in [-0.15, -0.1) is 0 Å². The van der Waals surface area contributed by atoms with E-state index in [-0.39, 0.29) is 6.01 Å². The standard InChI is InChI=1S/C12H13N3O2/c1-8-5-6-14-12(15-8)17-11-4-3-9(16-2)7-10(11)13/h3-7H,13H2,1-2H3. The van der Waals surface area contributed by atoms with E-state index in [4.69, 9.17) is 15.2 Å². The molecule has 1 heterocycles. The number of rotatable bonds is 3. The Morgan fingerprint density at radius 1 is 1.24 bits per heavy atom. The first-order chi connectivity index (χ1) is 8.19. The molecule has 5 nitrogen and oxygen atoms in total. The fourth-order valence-electron chi connectivity index (χ4n) is 1.32. The summed E-state index contributed by atoms with van der Waals surface area (Å²) in [5.74, 6) is 1.19. The molecule has 1 aromatic heterocycles. The SMILES string of the molecule is COc1ccc(Oc2nccc(C)n2)c(N)c1. The Kier molecular flexibility index (Phi) is 3.09. The highest BCUT2D eigenvalue weighted by Gasteiger charge is 2.05. The molecule has 17 heavy (non-hydrogen) atoms. The molecule has 1 aromatic carbocycles. The van der Waals surface area contributed by atoms with Crippen LogP contribution < -0.4 is 15.2 Å². The van der Waals surface area contributed by atoms with Gasteiger partial charge in [-0.2, -0.15) is 0 Å². The van der Waals surface area contributed by atoms with Crippen LogP contribution in [0.3, 0.4) is 0 Å². The third kappa shape index (κ3) is 2.63. The van der Waals surface area contributed by atoms with Gasteiger partial charge in [0.1, 0.15) is 5.75 Å². The van der Waals surface area contributed by atoms with Crippen LogP contribution in [0, 0.1) is 6.92 Å². The Morgan fingerprint density at radius 3 is 2.71 bits per heavy atom. The van der Waals surface area contributed by atoms with Crippen LogP contribution in [0.2, 0.25) is 0 Å². The van der Waals surface area contributed by atoms with Crippen molar-refractivity contribution >= 4 is 5.69 Å². The van der Waals surface area contributed by atoms with Crippen LogP contribution in [-0.4, -0.2) is 17.1 Å². The van der Waals surface area contributed by atoms with E-state index in [0.29, 0.717) is 17.2 Å². The number of hydrogen-bond donors (Lipinski definition) is 1. The van der Waals surface area contributed by atoms with E-state index in [0.717, 1.165) is 5.69 Å². The Hall–Kier alpha value is -2.30. The molecule has 0 saturated carbocycles. The molecule has 0 unspecified atom stereocenters. The van der Waals surface area contributed by atoms with Crippen molar-refractivity contribution in [3.8, 4) is 17.5 Å². The zero-order chi connectivity index (χ0) is 12.3. The van der Waals surface area contributed by atoms with Crippen molar-refractivity contribution in [1.29, 1.82) is 0 Å². The van der Waals surface area contributed by atoms with E-state index in [1.54, 1.807) is 37.6 Å². The summed E-state index contributed by atoms with van der Waals surface area (Å²) >= 11 is 0. The molecule has 0 radical (unpaired) electrons. The molecule has 0 atom stereocenters. The molecule has 0 fully saturated rings. The quantitative estimate of drug-likeness (QED) is 0.820. The van der Waals surface area contributed by atoms with Gasteiger partial charge in [-0.3, -0.25) is 0 Å². The van der Waals surface area contributed by atoms with Crippen molar-refractivity contribution in [3.05, 3.63) is 36.2 Å². The summed E-state index contributed by atoms with van der Waals surface area (Å²) in [6.45, 7) is 1.87. The van der Waals surface area contributed by atoms with E-state index >= 15 is 0 Å². The molecule has 2 N–H and O–H groups in total. The van der Waals surface area contributed by atoms with Gasteiger partial charge in [-0.05, 0) is 25.1 Å². The second-order valence-electron chi connectivity index (χ2n) is 3.49. The molecule has 88 valence electrons. The van der Waals surface area contributed by atoms with E-state index in [2.05, 4.69) is 9.97 Å². The lowest BCUT2D eigenvalue weighted by molar-refractivity contribution is 0.411. The maximum absolute atomic E-state index is 5.82. The number of benzene rings is 1. The summed E-state index contributed by atoms with van der Waals surface area (Å²) < 4.78 is 10.5. The zero-order valence-electron chi connectivity index (χ0n) is 9.68. The summed E-state index contributed by atoms with van der Waals surface area (Å²) in [5.41, 5.74) is 7.14. The number of methoxy groups -OCH3 is 1. The molecule has 2 aromatic rings. The van der Waals surface area contributed by atoms with E-state index in [1.807, 2.05) is 6.92 Å². The third-order valence-corrected chi connectivity index (χ3v) is 2.19.